The lowest BCUT2D eigenvalue weighted by atomic mass is 9.98. The SMILES string of the molecule is Cn1ncc(NC(c2ccccc2)c2ccccc2)c(Br)c1=O. The third-order valence-electron chi connectivity index (χ3n) is 3.64. The Bertz CT molecular complexity index is 808. The van der Waals surface area contributed by atoms with Crippen molar-refractivity contribution in [3.05, 3.63) is 92.8 Å². The summed E-state index contributed by atoms with van der Waals surface area (Å²) in [5.74, 6) is 0. The second-order valence-corrected chi connectivity index (χ2v) is 5.99. The Balaban J connectivity index is 2.04. The highest BCUT2D eigenvalue weighted by atomic mass is 79.9. The first-order valence-corrected chi connectivity index (χ1v) is 8.04. The first-order valence-electron chi connectivity index (χ1n) is 7.25. The van der Waals surface area contributed by atoms with Crippen molar-refractivity contribution in [3.63, 3.8) is 0 Å². The van der Waals surface area contributed by atoms with Crippen LogP contribution in [0, 0.1) is 0 Å². The highest BCUT2D eigenvalue weighted by Crippen LogP contribution is 2.28. The van der Waals surface area contributed by atoms with Gasteiger partial charge in [-0.05, 0) is 27.1 Å². The molecule has 2 aromatic carbocycles. The minimum Gasteiger partial charge on any atom is -0.372 e. The number of hydrogen-bond acceptors (Lipinski definition) is 3. The van der Waals surface area contributed by atoms with E-state index in [2.05, 4.69) is 50.6 Å². The van der Waals surface area contributed by atoms with Crippen LogP contribution in [-0.2, 0) is 7.05 Å². The normalized spacial score (nSPS) is 10.7. The minimum absolute atomic E-state index is 0.0670. The number of halogens is 1. The first-order chi connectivity index (χ1) is 11.2. The highest BCUT2D eigenvalue weighted by molar-refractivity contribution is 9.10. The lowest BCUT2D eigenvalue weighted by Gasteiger charge is -2.21. The molecular weight excluding hydrogens is 354 g/mol. The van der Waals surface area contributed by atoms with E-state index < -0.39 is 0 Å². The Morgan fingerprint density at radius 3 is 2.04 bits per heavy atom. The molecule has 0 atom stereocenters. The lowest BCUT2D eigenvalue weighted by molar-refractivity contribution is 0.702. The summed E-state index contributed by atoms with van der Waals surface area (Å²) in [5, 5.41) is 7.52. The second kappa shape index (κ2) is 6.79. The molecule has 0 aliphatic carbocycles. The largest absolute Gasteiger partial charge is 0.372 e. The minimum atomic E-state index is -0.171. The molecular formula is C18H16BrN3O. The number of benzene rings is 2. The molecule has 5 heteroatoms. The number of nitrogens with zero attached hydrogens (tertiary/aromatic N) is 2. The molecule has 0 spiro atoms. The van der Waals surface area contributed by atoms with Gasteiger partial charge in [-0.1, -0.05) is 60.7 Å². The van der Waals surface area contributed by atoms with Crippen LogP contribution in [-0.4, -0.2) is 9.78 Å². The molecule has 0 bridgehead atoms. The predicted molar refractivity (Wildman–Crippen MR) is 95.5 cm³/mol. The molecule has 0 aliphatic rings. The third-order valence-corrected chi connectivity index (χ3v) is 4.41. The molecule has 1 heterocycles. The number of aryl methyl sites for hydroxylation is 1. The average Bonchev–Trinajstić information content (AvgIpc) is 2.61. The number of rotatable bonds is 4. The fourth-order valence-electron chi connectivity index (χ4n) is 2.42. The van der Waals surface area contributed by atoms with Crippen molar-refractivity contribution in [2.45, 2.75) is 6.04 Å². The summed E-state index contributed by atoms with van der Waals surface area (Å²) in [7, 11) is 1.63. The summed E-state index contributed by atoms with van der Waals surface area (Å²) >= 11 is 3.37. The Morgan fingerprint density at radius 1 is 1.00 bits per heavy atom. The van der Waals surface area contributed by atoms with Crippen LogP contribution in [0.1, 0.15) is 17.2 Å². The van der Waals surface area contributed by atoms with Crippen LogP contribution in [0.3, 0.4) is 0 Å². The average molecular weight is 370 g/mol. The van der Waals surface area contributed by atoms with Gasteiger partial charge in [0.2, 0.25) is 0 Å². The summed E-state index contributed by atoms with van der Waals surface area (Å²) in [6.45, 7) is 0. The van der Waals surface area contributed by atoms with E-state index in [1.54, 1.807) is 13.2 Å². The van der Waals surface area contributed by atoms with Crippen LogP contribution in [0.25, 0.3) is 0 Å². The summed E-state index contributed by atoms with van der Waals surface area (Å²) in [5.41, 5.74) is 2.73. The summed E-state index contributed by atoms with van der Waals surface area (Å²) < 4.78 is 1.78. The highest BCUT2D eigenvalue weighted by Gasteiger charge is 2.16. The molecule has 0 unspecified atom stereocenters. The van der Waals surface area contributed by atoms with Crippen molar-refractivity contribution in [1.29, 1.82) is 0 Å². The maximum absolute atomic E-state index is 12.1. The molecule has 0 fully saturated rings. The van der Waals surface area contributed by atoms with E-state index in [9.17, 15) is 4.79 Å². The van der Waals surface area contributed by atoms with Gasteiger partial charge < -0.3 is 5.32 Å². The molecule has 0 amide bonds. The quantitative estimate of drug-likeness (QED) is 0.761. The van der Waals surface area contributed by atoms with E-state index in [0.29, 0.717) is 10.2 Å². The summed E-state index contributed by atoms with van der Waals surface area (Å²) in [6, 6.07) is 20.2. The van der Waals surface area contributed by atoms with Crippen LogP contribution >= 0.6 is 15.9 Å². The molecule has 1 N–H and O–H groups in total. The lowest BCUT2D eigenvalue weighted by Crippen LogP contribution is -2.22. The van der Waals surface area contributed by atoms with Gasteiger partial charge in [0, 0.05) is 7.05 Å². The maximum Gasteiger partial charge on any atom is 0.282 e. The smallest absolute Gasteiger partial charge is 0.282 e. The second-order valence-electron chi connectivity index (χ2n) is 5.20. The Labute approximate surface area is 142 Å². The van der Waals surface area contributed by atoms with Gasteiger partial charge in [0.05, 0.1) is 17.9 Å². The molecule has 0 saturated heterocycles. The van der Waals surface area contributed by atoms with E-state index in [1.165, 1.54) is 4.68 Å². The van der Waals surface area contributed by atoms with Crippen LogP contribution in [0.15, 0.2) is 76.1 Å². The molecule has 0 saturated carbocycles. The predicted octanol–water partition coefficient (Wildman–Crippen LogP) is 3.74. The fourth-order valence-corrected chi connectivity index (χ4v) is 2.89. The van der Waals surface area contributed by atoms with Gasteiger partial charge in [-0.15, -0.1) is 0 Å². The van der Waals surface area contributed by atoms with Crippen molar-refractivity contribution in [3.8, 4) is 0 Å². The van der Waals surface area contributed by atoms with Crippen molar-refractivity contribution in [2.24, 2.45) is 7.05 Å². The Morgan fingerprint density at radius 2 is 1.52 bits per heavy atom. The molecule has 3 aromatic rings. The van der Waals surface area contributed by atoms with Gasteiger partial charge in [0.15, 0.2) is 0 Å². The van der Waals surface area contributed by atoms with Crippen molar-refractivity contribution < 1.29 is 0 Å². The molecule has 23 heavy (non-hydrogen) atoms. The van der Waals surface area contributed by atoms with Crippen LogP contribution in [0.4, 0.5) is 5.69 Å². The van der Waals surface area contributed by atoms with Gasteiger partial charge in [-0.25, -0.2) is 4.68 Å². The van der Waals surface area contributed by atoms with E-state index in [1.807, 2.05) is 36.4 Å². The third kappa shape index (κ3) is 3.35. The fraction of sp³-hybridized carbons (Fsp3) is 0.111. The molecule has 3 rings (SSSR count). The van der Waals surface area contributed by atoms with Crippen molar-refractivity contribution >= 4 is 21.6 Å². The monoisotopic (exact) mass is 369 g/mol. The van der Waals surface area contributed by atoms with Gasteiger partial charge in [-0.2, -0.15) is 5.10 Å². The van der Waals surface area contributed by atoms with Gasteiger partial charge in [-0.3, -0.25) is 4.79 Å². The first kappa shape index (κ1) is 15.5. The zero-order valence-corrected chi connectivity index (χ0v) is 14.2. The van der Waals surface area contributed by atoms with E-state index in [-0.39, 0.29) is 11.6 Å². The topological polar surface area (TPSA) is 46.9 Å². The Hall–Kier alpha value is -2.40. The maximum atomic E-state index is 12.1. The number of aromatic nitrogens is 2. The zero-order chi connectivity index (χ0) is 16.2. The van der Waals surface area contributed by atoms with Crippen molar-refractivity contribution in [2.75, 3.05) is 5.32 Å². The van der Waals surface area contributed by atoms with Gasteiger partial charge in [0.25, 0.3) is 5.56 Å². The molecule has 1 aromatic heterocycles. The van der Waals surface area contributed by atoms with Crippen LogP contribution < -0.4 is 10.9 Å². The standard InChI is InChI=1S/C18H16BrN3O/c1-22-18(23)16(19)15(12-20-22)21-17(13-8-4-2-5-9-13)14-10-6-3-7-11-14/h2-12,17,21H,1H3. The van der Waals surface area contributed by atoms with Crippen LogP contribution in [0.5, 0.6) is 0 Å². The molecule has 116 valence electrons. The number of anilines is 1. The van der Waals surface area contributed by atoms with Crippen LogP contribution in [0.2, 0.25) is 0 Å². The number of nitrogens with one attached hydrogen (secondary N) is 1. The van der Waals surface area contributed by atoms with Gasteiger partial charge in [0.1, 0.15) is 4.47 Å². The van der Waals surface area contributed by atoms with Crippen molar-refractivity contribution in [1.82, 2.24) is 9.78 Å². The molecule has 0 radical (unpaired) electrons. The molecule has 4 nitrogen and oxygen atoms in total. The van der Waals surface area contributed by atoms with E-state index >= 15 is 0 Å². The summed E-state index contributed by atoms with van der Waals surface area (Å²) in [4.78, 5) is 12.1. The summed E-state index contributed by atoms with van der Waals surface area (Å²) in [6.07, 6.45) is 1.66. The number of hydrogen-bond donors (Lipinski definition) is 1. The van der Waals surface area contributed by atoms with E-state index in [0.717, 1.165) is 11.1 Å². The Kier molecular flexibility index (Phi) is 4.57. The molecule has 0 aliphatic heterocycles. The van der Waals surface area contributed by atoms with E-state index in [4.69, 9.17) is 0 Å². The zero-order valence-electron chi connectivity index (χ0n) is 12.6. The van der Waals surface area contributed by atoms with Gasteiger partial charge >= 0.3 is 0 Å².